The molecule has 0 unspecified atom stereocenters. The summed E-state index contributed by atoms with van der Waals surface area (Å²) >= 11 is 5.99. The minimum Gasteiger partial charge on any atom is -0.485 e. The summed E-state index contributed by atoms with van der Waals surface area (Å²) in [7, 11) is 0. The monoisotopic (exact) mass is 369 g/mol. The van der Waals surface area contributed by atoms with Gasteiger partial charge in [-0.3, -0.25) is 0 Å². The molecule has 0 spiro atoms. The Labute approximate surface area is 155 Å². The molecular weight excluding hydrogens is 354 g/mol. The minimum absolute atomic E-state index is 0.267. The Bertz CT molecular complexity index is 1040. The van der Waals surface area contributed by atoms with Gasteiger partial charge in [-0.15, -0.1) is 0 Å². The van der Waals surface area contributed by atoms with E-state index < -0.39 is 17.7 Å². The molecule has 2 heterocycles. The number of fused-ring (bicyclic) bond motifs is 2. The number of nitrogens with zero attached hydrogens (tertiary/aromatic N) is 2. The number of aliphatic hydroxyl groups is 1. The van der Waals surface area contributed by atoms with Gasteiger partial charge in [0.05, 0.1) is 12.6 Å². The van der Waals surface area contributed by atoms with Crippen LogP contribution in [-0.4, -0.2) is 21.8 Å². The maximum Gasteiger partial charge on any atom is 0.296 e. The van der Waals surface area contributed by atoms with E-state index in [1.165, 1.54) is 0 Å². The number of rotatable bonds is 2. The van der Waals surface area contributed by atoms with E-state index in [1.54, 1.807) is 36.4 Å². The van der Waals surface area contributed by atoms with E-state index >= 15 is 0 Å². The second-order valence-electron chi connectivity index (χ2n) is 6.74. The third-order valence-corrected chi connectivity index (χ3v) is 4.72. The van der Waals surface area contributed by atoms with Crippen molar-refractivity contribution in [3.63, 3.8) is 0 Å². The van der Waals surface area contributed by atoms with Crippen LogP contribution in [0.3, 0.4) is 0 Å². The van der Waals surface area contributed by atoms with E-state index in [0.717, 1.165) is 0 Å². The molecule has 0 saturated carbocycles. The highest BCUT2D eigenvalue weighted by atomic mass is 35.5. The highest BCUT2D eigenvalue weighted by Crippen LogP contribution is 2.43. The zero-order valence-electron chi connectivity index (χ0n) is 14.2. The van der Waals surface area contributed by atoms with Crippen molar-refractivity contribution in [2.45, 2.75) is 31.6 Å². The lowest BCUT2D eigenvalue weighted by atomic mass is 9.86. The topological polar surface area (TPSA) is 71.9 Å². The second-order valence-corrected chi connectivity index (χ2v) is 7.17. The van der Waals surface area contributed by atoms with Gasteiger partial charge in [0.1, 0.15) is 23.0 Å². The Morgan fingerprint density at radius 1 is 1.27 bits per heavy atom. The first-order chi connectivity index (χ1) is 12.4. The van der Waals surface area contributed by atoms with Gasteiger partial charge in [0.2, 0.25) is 0 Å². The average molecular weight is 370 g/mol. The summed E-state index contributed by atoms with van der Waals surface area (Å²) in [5.41, 5.74) is 1.55. The van der Waals surface area contributed by atoms with Crippen molar-refractivity contribution in [1.29, 1.82) is 0 Å². The number of ether oxygens (including phenoxy) is 1. The van der Waals surface area contributed by atoms with Gasteiger partial charge in [-0.1, -0.05) is 17.7 Å². The highest BCUT2D eigenvalue weighted by molar-refractivity contribution is 6.31. The van der Waals surface area contributed by atoms with E-state index in [1.807, 2.05) is 13.8 Å². The van der Waals surface area contributed by atoms with Crippen molar-refractivity contribution >= 4 is 34.4 Å². The number of anilines is 1. The minimum atomic E-state index is -0.880. The Balaban J connectivity index is 1.77. The SMILES string of the molecule is [C-]#[N+]c1ccc2c(c1)[C@@H](Nc1nc3cc(Cl)ccc3o1)[C@H](O)C(C)(C)O2. The van der Waals surface area contributed by atoms with Crippen LogP contribution in [0.1, 0.15) is 25.5 Å². The molecule has 4 rings (SSSR count). The fourth-order valence-corrected chi connectivity index (χ4v) is 3.27. The van der Waals surface area contributed by atoms with Gasteiger partial charge >= 0.3 is 0 Å². The van der Waals surface area contributed by atoms with Gasteiger partial charge in [-0.25, -0.2) is 4.85 Å². The molecule has 1 aliphatic heterocycles. The highest BCUT2D eigenvalue weighted by Gasteiger charge is 2.43. The zero-order chi connectivity index (χ0) is 18.5. The van der Waals surface area contributed by atoms with Crippen molar-refractivity contribution in [1.82, 2.24) is 4.98 Å². The maximum absolute atomic E-state index is 10.8. The second kappa shape index (κ2) is 5.90. The van der Waals surface area contributed by atoms with E-state index in [9.17, 15) is 5.11 Å². The molecule has 1 aromatic heterocycles. The molecule has 1 aliphatic rings. The predicted molar refractivity (Wildman–Crippen MR) is 98.8 cm³/mol. The molecule has 0 amide bonds. The lowest BCUT2D eigenvalue weighted by Crippen LogP contribution is -2.50. The van der Waals surface area contributed by atoms with Crippen LogP contribution in [0.2, 0.25) is 5.02 Å². The van der Waals surface area contributed by atoms with Gasteiger partial charge in [0.15, 0.2) is 11.3 Å². The van der Waals surface area contributed by atoms with Crippen LogP contribution < -0.4 is 10.1 Å². The van der Waals surface area contributed by atoms with Crippen molar-refractivity contribution in [2.24, 2.45) is 0 Å². The molecule has 6 nitrogen and oxygen atoms in total. The average Bonchev–Trinajstić information content (AvgIpc) is 3.00. The molecule has 7 heteroatoms. The van der Waals surface area contributed by atoms with Gasteiger partial charge in [-0.05, 0) is 44.2 Å². The zero-order valence-corrected chi connectivity index (χ0v) is 14.9. The number of aromatic nitrogens is 1. The van der Waals surface area contributed by atoms with Crippen molar-refractivity contribution < 1.29 is 14.3 Å². The number of hydrogen-bond donors (Lipinski definition) is 2. The molecule has 2 N–H and O–H groups in total. The standard InChI is InChI=1S/C19H16ClN3O3/c1-19(2)17(24)16(12-9-11(21-3)5-7-14(12)26-19)23-18-22-13-8-10(20)4-6-15(13)25-18/h4-9,16-17,24H,1-2H3,(H,22,23)/t16-,17+/m1/s1. The molecular formula is C19H16ClN3O3. The van der Waals surface area contributed by atoms with Gasteiger partial charge in [-0.2, -0.15) is 4.98 Å². The summed E-state index contributed by atoms with van der Waals surface area (Å²) in [6.45, 7) is 10.8. The Morgan fingerprint density at radius 2 is 2.08 bits per heavy atom. The molecule has 0 aliphatic carbocycles. The molecule has 0 fully saturated rings. The number of aliphatic hydroxyl groups excluding tert-OH is 1. The van der Waals surface area contributed by atoms with Crippen LogP contribution in [-0.2, 0) is 0 Å². The fraction of sp³-hybridized carbons (Fsp3) is 0.263. The number of nitrogens with one attached hydrogen (secondary N) is 1. The summed E-state index contributed by atoms with van der Waals surface area (Å²) in [5.74, 6) is 0.615. The molecule has 2 atom stereocenters. The first kappa shape index (κ1) is 16.7. The molecule has 132 valence electrons. The molecule has 0 saturated heterocycles. The van der Waals surface area contributed by atoms with Crippen LogP contribution in [0.4, 0.5) is 11.7 Å². The van der Waals surface area contributed by atoms with Crippen LogP contribution in [0.15, 0.2) is 40.8 Å². The predicted octanol–water partition coefficient (Wildman–Crippen LogP) is 4.72. The molecule has 26 heavy (non-hydrogen) atoms. The largest absolute Gasteiger partial charge is 0.485 e. The van der Waals surface area contributed by atoms with Crippen molar-refractivity contribution in [3.8, 4) is 5.75 Å². The summed E-state index contributed by atoms with van der Waals surface area (Å²) in [5, 5.41) is 14.5. The van der Waals surface area contributed by atoms with Gasteiger partial charge < -0.3 is 19.6 Å². The lowest BCUT2D eigenvalue weighted by molar-refractivity contribution is -0.0535. The van der Waals surface area contributed by atoms with Crippen molar-refractivity contribution in [3.05, 3.63) is 58.4 Å². The number of benzene rings is 2. The third-order valence-electron chi connectivity index (χ3n) is 4.49. The summed E-state index contributed by atoms with van der Waals surface area (Å²) < 4.78 is 11.6. The Hall–Kier alpha value is -2.75. The Kier molecular flexibility index (Phi) is 3.79. The van der Waals surface area contributed by atoms with Gasteiger partial charge in [0.25, 0.3) is 6.01 Å². The van der Waals surface area contributed by atoms with E-state index in [2.05, 4.69) is 15.1 Å². The van der Waals surface area contributed by atoms with Crippen LogP contribution in [0.5, 0.6) is 5.75 Å². The van der Waals surface area contributed by atoms with Gasteiger partial charge in [0, 0.05) is 10.6 Å². The van der Waals surface area contributed by atoms with E-state index in [0.29, 0.717) is 33.1 Å². The number of oxazole rings is 1. The number of halogens is 1. The Morgan fingerprint density at radius 3 is 2.85 bits per heavy atom. The molecule has 0 radical (unpaired) electrons. The quantitative estimate of drug-likeness (QED) is 0.640. The van der Waals surface area contributed by atoms with Crippen LogP contribution >= 0.6 is 11.6 Å². The normalized spacial score (nSPS) is 20.9. The van der Waals surface area contributed by atoms with E-state index in [-0.39, 0.29) is 6.01 Å². The summed E-state index contributed by atoms with van der Waals surface area (Å²) in [6.07, 6.45) is -0.880. The smallest absolute Gasteiger partial charge is 0.296 e. The van der Waals surface area contributed by atoms with Crippen LogP contribution in [0.25, 0.3) is 15.9 Å². The fourth-order valence-electron chi connectivity index (χ4n) is 3.11. The first-order valence-corrected chi connectivity index (χ1v) is 8.46. The van der Waals surface area contributed by atoms with Crippen molar-refractivity contribution in [2.75, 3.05) is 5.32 Å². The summed E-state index contributed by atoms with van der Waals surface area (Å²) in [6, 6.07) is 10.0. The van der Waals surface area contributed by atoms with Crippen LogP contribution in [0, 0.1) is 6.57 Å². The lowest BCUT2D eigenvalue weighted by Gasteiger charge is -2.42. The maximum atomic E-state index is 10.8. The summed E-state index contributed by atoms with van der Waals surface area (Å²) in [4.78, 5) is 7.85. The molecule has 0 bridgehead atoms. The van der Waals surface area contributed by atoms with E-state index in [4.69, 9.17) is 27.3 Å². The molecule has 3 aromatic rings. The number of hydrogen-bond acceptors (Lipinski definition) is 5. The third kappa shape index (κ3) is 2.75. The first-order valence-electron chi connectivity index (χ1n) is 8.08. The molecule has 2 aromatic carbocycles.